The Hall–Kier alpha value is -0.460. The van der Waals surface area contributed by atoms with Crippen molar-refractivity contribution in [2.75, 3.05) is 20.1 Å². The summed E-state index contributed by atoms with van der Waals surface area (Å²) in [5, 5.41) is 0. The number of carbonyl (C=O) groups excluding carboxylic acids is 1. The zero-order valence-corrected chi connectivity index (χ0v) is 9.30. The molecule has 82 valence electrons. The normalized spacial score (nSPS) is 25.3. The Kier molecular flexibility index (Phi) is 3.63. The SMILES string of the molecule is CCC1CN(S(=O)(=O)NC)CCC1=O. The van der Waals surface area contributed by atoms with Gasteiger partial charge in [-0.25, -0.2) is 4.72 Å². The lowest BCUT2D eigenvalue weighted by molar-refractivity contribution is -0.125. The molecule has 0 bridgehead atoms. The van der Waals surface area contributed by atoms with Crippen LogP contribution in [0.15, 0.2) is 0 Å². The van der Waals surface area contributed by atoms with Crippen molar-refractivity contribution < 1.29 is 13.2 Å². The number of ketones is 1. The van der Waals surface area contributed by atoms with Gasteiger partial charge in [0.15, 0.2) is 0 Å². The van der Waals surface area contributed by atoms with E-state index in [1.165, 1.54) is 11.4 Å². The molecule has 1 aliphatic heterocycles. The molecule has 0 aromatic carbocycles. The molecule has 1 saturated heterocycles. The van der Waals surface area contributed by atoms with E-state index >= 15 is 0 Å². The highest BCUT2D eigenvalue weighted by Crippen LogP contribution is 2.17. The number of piperidine rings is 1. The van der Waals surface area contributed by atoms with Crippen LogP contribution >= 0.6 is 0 Å². The second-order valence-corrected chi connectivity index (χ2v) is 5.26. The summed E-state index contributed by atoms with van der Waals surface area (Å²) in [7, 11) is -1.97. The first-order chi connectivity index (χ1) is 6.51. The van der Waals surface area contributed by atoms with Gasteiger partial charge in [-0.05, 0) is 6.42 Å². The highest BCUT2D eigenvalue weighted by molar-refractivity contribution is 7.87. The van der Waals surface area contributed by atoms with Crippen LogP contribution in [-0.2, 0) is 15.0 Å². The summed E-state index contributed by atoms with van der Waals surface area (Å²) in [5.74, 6) is 0.0435. The topological polar surface area (TPSA) is 66.5 Å². The fourth-order valence-electron chi connectivity index (χ4n) is 1.58. The van der Waals surface area contributed by atoms with E-state index in [9.17, 15) is 13.2 Å². The maximum absolute atomic E-state index is 11.4. The summed E-state index contributed by atoms with van der Waals surface area (Å²) < 4.78 is 26.4. The summed E-state index contributed by atoms with van der Waals surface area (Å²) in [6.45, 7) is 2.52. The Labute approximate surface area is 84.7 Å². The van der Waals surface area contributed by atoms with Crippen molar-refractivity contribution in [3.05, 3.63) is 0 Å². The summed E-state index contributed by atoms with van der Waals surface area (Å²) in [6, 6.07) is 0. The molecule has 0 spiro atoms. The molecule has 0 aromatic heterocycles. The third-order valence-corrected chi connectivity index (χ3v) is 4.11. The first-order valence-corrected chi connectivity index (χ1v) is 6.16. The van der Waals surface area contributed by atoms with Gasteiger partial charge in [0.2, 0.25) is 0 Å². The van der Waals surface area contributed by atoms with Gasteiger partial charge in [0, 0.05) is 32.5 Å². The Balaban J connectivity index is 2.73. The van der Waals surface area contributed by atoms with Crippen LogP contribution in [0, 0.1) is 5.92 Å². The van der Waals surface area contributed by atoms with Crippen molar-refractivity contribution in [3.63, 3.8) is 0 Å². The molecule has 14 heavy (non-hydrogen) atoms. The molecule has 1 unspecified atom stereocenters. The second kappa shape index (κ2) is 4.37. The number of carbonyl (C=O) groups is 1. The summed E-state index contributed by atoms with van der Waals surface area (Å²) in [6.07, 6.45) is 1.04. The lowest BCUT2D eigenvalue weighted by atomic mass is 9.96. The van der Waals surface area contributed by atoms with E-state index in [0.717, 1.165) is 0 Å². The molecule has 0 saturated carbocycles. The van der Waals surface area contributed by atoms with E-state index in [1.54, 1.807) is 0 Å². The standard InChI is InChI=1S/C8H16N2O3S/c1-3-7-6-10(5-4-8(7)11)14(12,13)9-2/h7,9H,3-6H2,1-2H3. The fraction of sp³-hybridized carbons (Fsp3) is 0.875. The number of hydrogen-bond donors (Lipinski definition) is 1. The minimum absolute atomic E-state index is 0.133. The van der Waals surface area contributed by atoms with Crippen LogP contribution < -0.4 is 4.72 Å². The van der Waals surface area contributed by atoms with Gasteiger partial charge in [-0.3, -0.25) is 4.79 Å². The van der Waals surface area contributed by atoms with E-state index in [2.05, 4.69) is 4.72 Å². The van der Waals surface area contributed by atoms with E-state index in [0.29, 0.717) is 25.9 Å². The maximum atomic E-state index is 11.4. The molecule has 0 aromatic rings. The molecular weight excluding hydrogens is 204 g/mol. The molecule has 1 atom stereocenters. The van der Waals surface area contributed by atoms with Gasteiger partial charge >= 0.3 is 0 Å². The van der Waals surface area contributed by atoms with Crippen molar-refractivity contribution in [2.45, 2.75) is 19.8 Å². The highest BCUT2D eigenvalue weighted by Gasteiger charge is 2.31. The van der Waals surface area contributed by atoms with Gasteiger partial charge in [-0.15, -0.1) is 0 Å². The Morgan fingerprint density at radius 2 is 2.21 bits per heavy atom. The zero-order valence-electron chi connectivity index (χ0n) is 8.49. The number of Topliss-reactive ketones (excluding diaryl/α,β-unsaturated/α-hetero) is 1. The quantitative estimate of drug-likeness (QED) is 0.713. The van der Waals surface area contributed by atoms with E-state index in [4.69, 9.17) is 0 Å². The predicted molar refractivity (Wildman–Crippen MR) is 53.0 cm³/mol. The third kappa shape index (κ3) is 2.31. The lowest BCUT2D eigenvalue weighted by Crippen LogP contribution is -2.47. The Morgan fingerprint density at radius 3 is 2.71 bits per heavy atom. The van der Waals surface area contributed by atoms with E-state index < -0.39 is 10.2 Å². The molecule has 1 N–H and O–H groups in total. The van der Waals surface area contributed by atoms with Gasteiger partial charge in [-0.1, -0.05) is 6.92 Å². The molecule has 5 nitrogen and oxygen atoms in total. The monoisotopic (exact) mass is 220 g/mol. The summed E-state index contributed by atoms with van der Waals surface area (Å²) >= 11 is 0. The van der Waals surface area contributed by atoms with Crippen LogP contribution in [0.1, 0.15) is 19.8 Å². The van der Waals surface area contributed by atoms with Crippen LogP contribution in [0.4, 0.5) is 0 Å². The summed E-state index contributed by atoms with van der Waals surface area (Å²) in [5.41, 5.74) is 0. The average molecular weight is 220 g/mol. The minimum atomic E-state index is -3.36. The molecule has 1 aliphatic rings. The highest BCUT2D eigenvalue weighted by atomic mass is 32.2. The molecule has 0 aliphatic carbocycles. The second-order valence-electron chi connectivity index (χ2n) is 3.39. The van der Waals surface area contributed by atoms with Crippen LogP contribution in [0.2, 0.25) is 0 Å². The molecule has 6 heteroatoms. The molecular formula is C8H16N2O3S. The van der Waals surface area contributed by atoms with Gasteiger partial charge in [-0.2, -0.15) is 12.7 Å². The molecule has 1 fully saturated rings. The number of rotatable bonds is 3. The molecule has 1 heterocycles. The molecule has 0 radical (unpaired) electrons. The average Bonchev–Trinajstić information content (AvgIpc) is 2.18. The first-order valence-electron chi connectivity index (χ1n) is 4.72. The van der Waals surface area contributed by atoms with E-state index in [1.807, 2.05) is 6.92 Å². The smallest absolute Gasteiger partial charge is 0.279 e. The van der Waals surface area contributed by atoms with Crippen LogP contribution in [0.3, 0.4) is 0 Å². The van der Waals surface area contributed by atoms with Crippen LogP contribution in [0.25, 0.3) is 0 Å². The Morgan fingerprint density at radius 1 is 1.57 bits per heavy atom. The number of hydrogen-bond acceptors (Lipinski definition) is 3. The Bertz CT molecular complexity index is 313. The van der Waals surface area contributed by atoms with E-state index in [-0.39, 0.29) is 11.7 Å². The van der Waals surface area contributed by atoms with Crippen molar-refractivity contribution in [1.29, 1.82) is 0 Å². The van der Waals surface area contributed by atoms with Crippen LogP contribution in [0.5, 0.6) is 0 Å². The largest absolute Gasteiger partial charge is 0.299 e. The number of nitrogens with one attached hydrogen (secondary N) is 1. The predicted octanol–water partition coefficient (Wildman–Crippen LogP) is -0.248. The third-order valence-electron chi connectivity index (χ3n) is 2.58. The minimum Gasteiger partial charge on any atom is -0.299 e. The van der Waals surface area contributed by atoms with Gasteiger partial charge < -0.3 is 0 Å². The number of nitrogens with zero attached hydrogens (tertiary/aromatic N) is 1. The first kappa shape index (κ1) is 11.6. The summed E-state index contributed by atoms with van der Waals surface area (Å²) in [4.78, 5) is 11.3. The molecule has 1 rings (SSSR count). The van der Waals surface area contributed by atoms with Gasteiger partial charge in [0.05, 0.1) is 0 Å². The van der Waals surface area contributed by atoms with Crippen molar-refractivity contribution >= 4 is 16.0 Å². The fourth-order valence-corrected chi connectivity index (χ4v) is 2.55. The van der Waals surface area contributed by atoms with Crippen molar-refractivity contribution in [1.82, 2.24) is 9.03 Å². The van der Waals surface area contributed by atoms with Gasteiger partial charge in [0.1, 0.15) is 5.78 Å². The lowest BCUT2D eigenvalue weighted by Gasteiger charge is -2.29. The van der Waals surface area contributed by atoms with Crippen LogP contribution in [-0.4, -0.2) is 38.6 Å². The zero-order chi connectivity index (χ0) is 10.8. The maximum Gasteiger partial charge on any atom is 0.279 e. The van der Waals surface area contributed by atoms with Gasteiger partial charge in [0.25, 0.3) is 10.2 Å². The van der Waals surface area contributed by atoms with Crippen molar-refractivity contribution in [3.8, 4) is 0 Å². The molecule has 0 amide bonds. The van der Waals surface area contributed by atoms with Crippen molar-refractivity contribution in [2.24, 2.45) is 5.92 Å².